The molecule has 6 heteroatoms. The second kappa shape index (κ2) is 6.46. The van der Waals surface area contributed by atoms with E-state index in [2.05, 4.69) is 20.9 Å². The average Bonchev–Trinajstić information content (AvgIpc) is 2.51. The number of nitriles is 1. The summed E-state index contributed by atoms with van der Waals surface area (Å²) in [5.74, 6) is -0.901. The maximum atomic E-state index is 13.9. The first kappa shape index (κ1) is 15.1. The molecule has 1 amide bonds. The zero-order chi connectivity index (χ0) is 15.4. The Morgan fingerprint density at radius 2 is 2.05 bits per heavy atom. The van der Waals surface area contributed by atoms with Crippen LogP contribution < -0.4 is 0 Å². The molecule has 0 unspecified atom stereocenters. The second-order valence-corrected chi connectivity index (χ2v) is 5.27. The number of aromatic nitrogens is 1. The van der Waals surface area contributed by atoms with Crippen molar-refractivity contribution in [1.82, 2.24) is 9.88 Å². The van der Waals surface area contributed by atoms with E-state index in [1.165, 1.54) is 42.5 Å². The van der Waals surface area contributed by atoms with E-state index in [1.807, 2.05) is 6.07 Å². The molecular weight excluding hydrogens is 337 g/mol. The van der Waals surface area contributed by atoms with E-state index in [0.717, 1.165) is 0 Å². The fourth-order valence-corrected chi connectivity index (χ4v) is 2.28. The van der Waals surface area contributed by atoms with Crippen LogP contribution in [0.5, 0.6) is 0 Å². The summed E-state index contributed by atoms with van der Waals surface area (Å²) in [4.78, 5) is 17.4. The van der Waals surface area contributed by atoms with Crippen molar-refractivity contribution >= 4 is 21.8 Å². The summed E-state index contributed by atoms with van der Waals surface area (Å²) < 4.78 is 14.6. The summed E-state index contributed by atoms with van der Waals surface area (Å²) in [5, 5.41) is 9.32. The molecule has 1 heterocycles. The Morgan fingerprint density at radius 3 is 2.67 bits per heavy atom. The van der Waals surface area contributed by atoms with Crippen LogP contribution in [-0.4, -0.2) is 22.8 Å². The summed E-state index contributed by atoms with van der Waals surface area (Å²) in [6.45, 7) is 0. The van der Waals surface area contributed by atoms with Gasteiger partial charge in [-0.25, -0.2) is 4.39 Å². The molecule has 21 heavy (non-hydrogen) atoms. The molecule has 2 rings (SSSR count). The largest absolute Gasteiger partial charge is 0.322 e. The molecule has 0 saturated heterocycles. The Labute approximate surface area is 130 Å². The monoisotopic (exact) mass is 347 g/mol. The van der Waals surface area contributed by atoms with Gasteiger partial charge >= 0.3 is 0 Å². The number of rotatable bonds is 3. The predicted molar refractivity (Wildman–Crippen MR) is 78.8 cm³/mol. The van der Waals surface area contributed by atoms with E-state index in [0.29, 0.717) is 10.0 Å². The van der Waals surface area contributed by atoms with Crippen molar-refractivity contribution in [3.05, 3.63) is 64.1 Å². The van der Waals surface area contributed by atoms with Crippen LogP contribution in [-0.2, 0) is 0 Å². The van der Waals surface area contributed by atoms with Crippen LogP contribution in [0.25, 0.3) is 0 Å². The van der Waals surface area contributed by atoms with Gasteiger partial charge in [-0.3, -0.25) is 9.78 Å². The van der Waals surface area contributed by atoms with Crippen molar-refractivity contribution in [2.24, 2.45) is 0 Å². The molecule has 0 bridgehead atoms. The van der Waals surface area contributed by atoms with Crippen LogP contribution in [0.3, 0.4) is 0 Å². The quantitative estimate of drug-likeness (QED) is 0.855. The lowest BCUT2D eigenvalue weighted by molar-refractivity contribution is 0.0761. The van der Waals surface area contributed by atoms with Gasteiger partial charge in [-0.1, -0.05) is 15.9 Å². The van der Waals surface area contributed by atoms with Gasteiger partial charge in [0.05, 0.1) is 6.07 Å². The minimum Gasteiger partial charge on any atom is -0.322 e. The number of nitrogens with zero attached hydrogens (tertiary/aromatic N) is 3. The van der Waals surface area contributed by atoms with Gasteiger partial charge in [-0.15, -0.1) is 0 Å². The molecule has 0 saturated carbocycles. The molecule has 106 valence electrons. The summed E-state index contributed by atoms with van der Waals surface area (Å²) in [6, 6.07) is 8.34. The molecule has 0 fully saturated rings. The van der Waals surface area contributed by atoms with Crippen molar-refractivity contribution in [2.75, 3.05) is 7.05 Å². The molecule has 1 aromatic carbocycles. The van der Waals surface area contributed by atoms with Gasteiger partial charge in [0.2, 0.25) is 0 Å². The lowest BCUT2D eigenvalue weighted by Gasteiger charge is -2.23. The fraction of sp³-hybridized carbons (Fsp3) is 0.133. The molecule has 0 aliphatic rings. The molecule has 0 aliphatic carbocycles. The smallest absolute Gasteiger partial charge is 0.255 e. The van der Waals surface area contributed by atoms with Crippen molar-refractivity contribution in [2.45, 2.75) is 6.04 Å². The maximum Gasteiger partial charge on any atom is 0.255 e. The summed E-state index contributed by atoms with van der Waals surface area (Å²) in [7, 11) is 1.47. The number of hydrogen-bond donors (Lipinski definition) is 0. The topological polar surface area (TPSA) is 57.0 Å². The van der Waals surface area contributed by atoms with Gasteiger partial charge in [0.1, 0.15) is 11.9 Å². The summed E-state index contributed by atoms with van der Waals surface area (Å²) in [6.07, 6.45) is 2.98. The molecule has 1 atom stereocenters. The predicted octanol–water partition coefficient (Wildman–Crippen LogP) is 3.32. The van der Waals surface area contributed by atoms with Gasteiger partial charge in [0.25, 0.3) is 5.91 Å². The molecule has 4 nitrogen and oxygen atoms in total. The second-order valence-electron chi connectivity index (χ2n) is 4.35. The van der Waals surface area contributed by atoms with Crippen LogP contribution in [0.15, 0.2) is 47.2 Å². The maximum absolute atomic E-state index is 13.9. The third-order valence-corrected chi connectivity index (χ3v) is 3.50. The number of pyridine rings is 1. The average molecular weight is 348 g/mol. The Kier molecular flexibility index (Phi) is 4.66. The lowest BCUT2D eigenvalue weighted by Crippen LogP contribution is -2.31. The van der Waals surface area contributed by atoms with E-state index in [4.69, 9.17) is 0 Å². The highest BCUT2D eigenvalue weighted by Crippen LogP contribution is 2.26. The van der Waals surface area contributed by atoms with Crippen molar-refractivity contribution in [3.63, 3.8) is 0 Å². The minimum absolute atomic E-state index is 0.150. The third kappa shape index (κ3) is 3.26. The van der Waals surface area contributed by atoms with Gasteiger partial charge in [-0.2, -0.15) is 5.26 Å². The fourth-order valence-electron chi connectivity index (χ4n) is 1.90. The Balaban J connectivity index is 2.36. The molecular formula is C15H11BrFN3O. The SMILES string of the molecule is CN(C(=O)c1ccncc1)[C@H](C#N)c1cc(Br)ccc1F. The molecule has 0 N–H and O–H groups in total. The van der Waals surface area contributed by atoms with Gasteiger partial charge < -0.3 is 4.90 Å². The number of amides is 1. The molecule has 0 radical (unpaired) electrons. The zero-order valence-corrected chi connectivity index (χ0v) is 12.7. The normalized spacial score (nSPS) is 11.5. The first-order chi connectivity index (χ1) is 10.0. The van der Waals surface area contributed by atoms with Gasteiger partial charge in [0, 0.05) is 35.0 Å². The van der Waals surface area contributed by atoms with Gasteiger partial charge in [-0.05, 0) is 30.3 Å². The number of benzene rings is 1. The minimum atomic E-state index is -1.01. The van der Waals surface area contributed by atoms with Crippen molar-refractivity contribution in [1.29, 1.82) is 5.26 Å². The van der Waals surface area contributed by atoms with Gasteiger partial charge in [0.15, 0.2) is 0 Å². The van der Waals surface area contributed by atoms with Crippen molar-refractivity contribution < 1.29 is 9.18 Å². The Hall–Kier alpha value is -2.26. The summed E-state index contributed by atoms with van der Waals surface area (Å²) >= 11 is 3.24. The van der Waals surface area contributed by atoms with E-state index < -0.39 is 11.9 Å². The highest BCUT2D eigenvalue weighted by atomic mass is 79.9. The number of carbonyl (C=O) groups excluding carboxylic acids is 1. The first-order valence-electron chi connectivity index (χ1n) is 6.06. The van der Waals surface area contributed by atoms with E-state index in [9.17, 15) is 14.4 Å². The molecule has 0 spiro atoms. The van der Waals surface area contributed by atoms with Crippen LogP contribution in [0, 0.1) is 17.1 Å². The van der Waals surface area contributed by atoms with E-state index in [-0.39, 0.29) is 11.5 Å². The summed E-state index contributed by atoms with van der Waals surface area (Å²) in [5.41, 5.74) is 0.542. The van der Waals surface area contributed by atoms with Crippen LogP contribution in [0.1, 0.15) is 22.0 Å². The van der Waals surface area contributed by atoms with Crippen LogP contribution >= 0.6 is 15.9 Å². The highest BCUT2D eigenvalue weighted by Gasteiger charge is 2.25. The standard InChI is InChI=1S/C15H11BrFN3O/c1-20(15(21)10-4-6-19-7-5-10)14(9-18)12-8-11(16)2-3-13(12)17/h2-8,14H,1H3/t14-/m1/s1. The van der Waals surface area contributed by atoms with Crippen LogP contribution in [0.4, 0.5) is 4.39 Å². The number of halogens is 2. The molecule has 1 aromatic heterocycles. The van der Waals surface area contributed by atoms with Crippen LogP contribution in [0.2, 0.25) is 0 Å². The number of carbonyl (C=O) groups is 1. The number of hydrogen-bond acceptors (Lipinski definition) is 3. The third-order valence-electron chi connectivity index (χ3n) is 3.01. The Morgan fingerprint density at radius 1 is 1.38 bits per heavy atom. The molecule has 0 aliphatic heterocycles. The Bertz CT molecular complexity index is 700. The molecule has 2 aromatic rings. The van der Waals surface area contributed by atoms with Crippen molar-refractivity contribution in [3.8, 4) is 6.07 Å². The zero-order valence-electron chi connectivity index (χ0n) is 11.1. The highest BCUT2D eigenvalue weighted by molar-refractivity contribution is 9.10. The first-order valence-corrected chi connectivity index (χ1v) is 6.85. The lowest BCUT2D eigenvalue weighted by atomic mass is 10.1. The van der Waals surface area contributed by atoms with E-state index >= 15 is 0 Å². The van der Waals surface area contributed by atoms with E-state index in [1.54, 1.807) is 12.1 Å².